The summed E-state index contributed by atoms with van der Waals surface area (Å²) < 4.78 is 10.4. The van der Waals surface area contributed by atoms with Crippen molar-refractivity contribution in [3.8, 4) is 11.1 Å². The second-order valence-electron chi connectivity index (χ2n) is 8.62. The Labute approximate surface area is 194 Å². The van der Waals surface area contributed by atoms with E-state index in [9.17, 15) is 14.7 Å². The van der Waals surface area contributed by atoms with Crippen molar-refractivity contribution in [3.05, 3.63) is 59.1 Å². The first-order valence-corrected chi connectivity index (χ1v) is 11.1. The molecule has 2 atom stereocenters. The number of nitrogens with one attached hydrogen (secondary N) is 1. The van der Waals surface area contributed by atoms with Gasteiger partial charge in [0.25, 0.3) is 0 Å². The summed E-state index contributed by atoms with van der Waals surface area (Å²) in [6, 6.07) is 15.1. The number of amides is 1. The van der Waals surface area contributed by atoms with Crippen LogP contribution in [0.25, 0.3) is 11.1 Å². The average Bonchev–Trinajstić information content (AvgIpc) is 2.71. The number of aliphatic hydroxyl groups excluding tert-OH is 1. The second-order valence-corrected chi connectivity index (χ2v) is 9.06. The summed E-state index contributed by atoms with van der Waals surface area (Å²) in [6.07, 6.45) is 0.119. The molecule has 0 fully saturated rings. The Hall–Kier alpha value is -2.57. The minimum absolute atomic E-state index is 0.227. The van der Waals surface area contributed by atoms with E-state index in [1.54, 1.807) is 27.7 Å². The third-order valence-electron chi connectivity index (χ3n) is 4.72. The predicted octanol–water partition coefficient (Wildman–Crippen LogP) is 5.00. The van der Waals surface area contributed by atoms with Crippen LogP contribution in [-0.4, -0.2) is 42.0 Å². The first kappa shape index (κ1) is 25.7. The molecule has 0 aromatic heterocycles. The Morgan fingerprint density at radius 2 is 1.78 bits per heavy atom. The summed E-state index contributed by atoms with van der Waals surface area (Å²) in [6.45, 7) is 6.93. The quantitative estimate of drug-likeness (QED) is 0.513. The number of hydrogen-bond acceptors (Lipinski definition) is 5. The van der Waals surface area contributed by atoms with Crippen LogP contribution in [0.2, 0.25) is 5.02 Å². The summed E-state index contributed by atoms with van der Waals surface area (Å²) in [5.41, 5.74) is 2.35. The standard InChI is InChI=1S/C25H32ClNO5/c1-5-31-23(29)20(16-28)15-22(27-24(30)32-25(2,3)4)13-17-9-11-18(12-10-17)19-7-6-8-21(26)14-19/h6-12,14,20,22,28H,5,13,15-16H2,1-4H3,(H,27,30). The van der Waals surface area contributed by atoms with Crippen LogP contribution in [0, 0.1) is 5.92 Å². The van der Waals surface area contributed by atoms with Crippen molar-refractivity contribution in [2.45, 2.75) is 52.2 Å². The third kappa shape index (κ3) is 8.52. The van der Waals surface area contributed by atoms with Crippen molar-refractivity contribution < 1.29 is 24.2 Å². The molecule has 6 nitrogen and oxygen atoms in total. The van der Waals surface area contributed by atoms with Gasteiger partial charge in [-0.15, -0.1) is 0 Å². The molecular weight excluding hydrogens is 430 g/mol. The van der Waals surface area contributed by atoms with E-state index in [-0.39, 0.29) is 19.6 Å². The lowest BCUT2D eigenvalue weighted by molar-refractivity contribution is -0.149. The molecule has 2 N–H and O–H groups in total. The Morgan fingerprint density at radius 1 is 1.09 bits per heavy atom. The summed E-state index contributed by atoms with van der Waals surface area (Å²) in [5, 5.41) is 13.2. The number of ether oxygens (including phenoxy) is 2. The van der Waals surface area contributed by atoms with Gasteiger partial charge in [0.2, 0.25) is 0 Å². The van der Waals surface area contributed by atoms with Gasteiger partial charge in [-0.3, -0.25) is 4.79 Å². The normalized spacial score (nSPS) is 13.2. The van der Waals surface area contributed by atoms with E-state index in [4.69, 9.17) is 21.1 Å². The first-order valence-electron chi connectivity index (χ1n) is 10.7. The van der Waals surface area contributed by atoms with Crippen LogP contribution in [0.1, 0.15) is 39.7 Å². The summed E-state index contributed by atoms with van der Waals surface area (Å²) >= 11 is 6.09. The molecule has 2 aromatic rings. The zero-order valence-electron chi connectivity index (χ0n) is 19.1. The number of esters is 1. The van der Waals surface area contributed by atoms with Gasteiger partial charge in [0.1, 0.15) is 5.60 Å². The van der Waals surface area contributed by atoms with Gasteiger partial charge in [-0.1, -0.05) is 48.0 Å². The highest BCUT2D eigenvalue weighted by atomic mass is 35.5. The van der Waals surface area contributed by atoms with E-state index in [1.807, 2.05) is 48.5 Å². The van der Waals surface area contributed by atoms with Gasteiger partial charge in [0.15, 0.2) is 0 Å². The van der Waals surface area contributed by atoms with E-state index in [0.29, 0.717) is 11.4 Å². The van der Waals surface area contributed by atoms with Crippen molar-refractivity contribution >= 4 is 23.7 Å². The lowest BCUT2D eigenvalue weighted by Crippen LogP contribution is -2.42. The van der Waals surface area contributed by atoms with E-state index < -0.39 is 29.6 Å². The number of aliphatic hydroxyl groups is 1. The fourth-order valence-electron chi connectivity index (χ4n) is 3.30. The Morgan fingerprint density at radius 3 is 2.34 bits per heavy atom. The molecule has 7 heteroatoms. The summed E-state index contributed by atoms with van der Waals surface area (Å²) in [5.74, 6) is -1.22. The molecule has 1 amide bonds. The highest BCUT2D eigenvalue weighted by Gasteiger charge is 2.26. The second kappa shape index (κ2) is 11.9. The lowest BCUT2D eigenvalue weighted by Gasteiger charge is -2.25. The monoisotopic (exact) mass is 461 g/mol. The molecule has 2 unspecified atom stereocenters. The third-order valence-corrected chi connectivity index (χ3v) is 4.96. The Bertz CT molecular complexity index is 892. The molecule has 174 valence electrons. The van der Waals surface area contributed by atoms with Crippen molar-refractivity contribution in [1.29, 1.82) is 0 Å². The molecule has 0 aliphatic heterocycles. The number of alkyl carbamates (subject to hydrolysis) is 1. The summed E-state index contributed by atoms with van der Waals surface area (Å²) in [7, 11) is 0. The molecule has 0 radical (unpaired) electrons. The van der Waals surface area contributed by atoms with Crippen LogP contribution in [-0.2, 0) is 20.7 Å². The lowest BCUT2D eigenvalue weighted by atomic mass is 9.94. The van der Waals surface area contributed by atoms with Crippen molar-refractivity contribution in [3.63, 3.8) is 0 Å². The minimum Gasteiger partial charge on any atom is -0.466 e. The van der Waals surface area contributed by atoms with Crippen molar-refractivity contribution in [2.24, 2.45) is 5.92 Å². The molecule has 0 aliphatic rings. The number of halogens is 1. The topological polar surface area (TPSA) is 84.9 Å². The smallest absolute Gasteiger partial charge is 0.407 e. The van der Waals surface area contributed by atoms with Crippen LogP contribution in [0.5, 0.6) is 0 Å². The predicted molar refractivity (Wildman–Crippen MR) is 126 cm³/mol. The molecule has 0 heterocycles. The fourth-order valence-corrected chi connectivity index (χ4v) is 3.49. The van der Waals surface area contributed by atoms with Crippen LogP contribution >= 0.6 is 11.6 Å². The number of carbonyl (C=O) groups is 2. The van der Waals surface area contributed by atoms with Crippen LogP contribution in [0.4, 0.5) is 4.79 Å². The van der Waals surface area contributed by atoms with Crippen LogP contribution < -0.4 is 5.32 Å². The van der Waals surface area contributed by atoms with Crippen molar-refractivity contribution in [1.82, 2.24) is 5.32 Å². The molecule has 2 aromatic carbocycles. The van der Waals surface area contributed by atoms with Gasteiger partial charge in [-0.05, 0) is 69.4 Å². The molecule has 2 rings (SSSR count). The SMILES string of the molecule is CCOC(=O)C(CO)CC(Cc1ccc(-c2cccc(Cl)c2)cc1)NC(=O)OC(C)(C)C. The average molecular weight is 462 g/mol. The van der Waals surface area contributed by atoms with Gasteiger partial charge >= 0.3 is 12.1 Å². The largest absolute Gasteiger partial charge is 0.466 e. The van der Waals surface area contributed by atoms with E-state index in [1.165, 1.54) is 0 Å². The van der Waals surface area contributed by atoms with E-state index in [2.05, 4.69) is 5.32 Å². The molecule has 0 bridgehead atoms. The van der Waals surface area contributed by atoms with Gasteiger partial charge in [-0.2, -0.15) is 0 Å². The van der Waals surface area contributed by atoms with Gasteiger partial charge < -0.3 is 19.9 Å². The highest BCUT2D eigenvalue weighted by Crippen LogP contribution is 2.24. The zero-order valence-corrected chi connectivity index (χ0v) is 19.8. The van der Waals surface area contributed by atoms with Gasteiger partial charge in [-0.25, -0.2) is 4.79 Å². The number of carbonyl (C=O) groups excluding carboxylic acids is 2. The fraction of sp³-hybridized carbons (Fsp3) is 0.440. The molecule has 32 heavy (non-hydrogen) atoms. The Kier molecular flexibility index (Phi) is 9.54. The maximum Gasteiger partial charge on any atom is 0.407 e. The van der Waals surface area contributed by atoms with Crippen molar-refractivity contribution in [2.75, 3.05) is 13.2 Å². The maximum atomic E-state index is 12.4. The Balaban J connectivity index is 2.17. The van der Waals surface area contributed by atoms with Gasteiger partial charge in [0, 0.05) is 11.1 Å². The number of benzene rings is 2. The molecular formula is C25H32ClNO5. The zero-order chi connectivity index (χ0) is 23.7. The van der Waals surface area contributed by atoms with Gasteiger partial charge in [0.05, 0.1) is 19.1 Å². The molecule has 0 aliphatic carbocycles. The van der Waals surface area contributed by atoms with E-state index >= 15 is 0 Å². The highest BCUT2D eigenvalue weighted by molar-refractivity contribution is 6.30. The summed E-state index contributed by atoms with van der Waals surface area (Å²) in [4.78, 5) is 24.5. The minimum atomic E-state index is -0.736. The van der Waals surface area contributed by atoms with Crippen LogP contribution in [0.3, 0.4) is 0 Å². The molecule has 0 saturated heterocycles. The maximum absolute atomic E-state index is 12.4. The number of rotatable bonds is 9. The molecule has 0 spiro atoms. The van der Waals surface area contributed by atoms with E-state index in [0.717, 1.165) is 16.7 Å². The first-order chi connectivity index (χ1) is 15.1. The van der Waals surface area contributed by atoms with Crippen LogP contribution in [0.15, 0.2) is 48.5 Å². The molecule has 0 saturated carbocycles. The number of hydrogen-bond donors (Lipinski definition) is 2.